The maximum atomic E-state index is 14.4. The molecule has 1 heterocycles. The van der Waals surface area contributed by atoms with Gasteiger partial charge in [0.25, 0.3) is 0 Å². The summed E-state index contributed by atoms with van der Waals surface area (Å²) in [6, 6.07) is 15.2. The van der Waals surface area contributed by atoms with Crippen molar-refractivity contribution in [3.05, 3.63) is 66.5 Å². The predicted octanol–water partition coefficient (Wildman–Crippen LogP) is 10.7. The third kappa shape index (κ3) is 12.3. The fourth-order valence-electron chi connectivity index (χ4n) is 5.13. The smallest absolute Gasteiger partial charge is 0.159 e. The molecule has 0 fully saturated rings. The van der Waals surface area contributed by atoms with Gasteiger partial charge in [0.15, 0.2) is 5.82 Å². The summed E-state index contributed by atoms with van der Waals surface area (Å²) in [4.78, 5) is 9.01. The number of phenols is 1. The number of aromatic hydroxyl groups is 1. The van der Waals surface area contributed by atoms with Crippen molar-refractivity contribution in [3.8, 4) is 28.3 Å². The maximum absolute atomic E-state index is 14.4. The molecule has 39 heavy (non-hydrogen) atoms. The Balaban J connectivity index is 1.22. The van der Waals surface area contributed by atoms with E-state index < -0.39 is 6.17 Å². The highest BCUT2D eigenvalue weighted by Crippen LogP contribution is 2.23. The number of benzene rings is 2. The molecule has 3 rings (SSSR count). The molecule has 0 saturated heterocycles. The Morgan fingerprint density at radius 1 is 0.590 bits per heavy atom. The fraction of sp³-hybridized carbons (Fsp3) is 0.543. The van der Waals surface area contributed by atoms with Crippen molar-refractivity contribution in [1.29, 1.82) is 0 Å². The molecule has 0 bridgehead atoms. The number of unbranched alkanes of at least 4 members (excludes halogenated alkanes) is 13. The lowest BCUT2D eigenvalue weighted by atomic mass is 10.0. The summed E-state index contributed by atoms with van der Waals surface area (Å²) in [6.45, 7) is 2.28. The summed E-state index contributed by atoms with van der Waals surface area (Å²) in [5, 5.41) is 9.46. The molecular formula is C35H49FN2O. The van der Waals surface area contributed by atoms with Gasteiger partial charge in [-0.2, -0.15) is 0 Å². The summed E-state index contributed by atoms with van der Waals surface area (Å²) in [6.07, 6.45) is 23.6. The van der Waals surface area contributed by atoms with Gasteiger partial charge in [-0.1, -0.05) is 133 Å². The second-order valence-electron chi connectivity index (χ2n) is 11.1. The molecule has 0 unspecified atom stereocenters. The van der Waals surface area contributed by atoms with E-state index in [1.54, 1.807) is 24.5 Å². The van der Waals surface area contributed by atoms with Gasteiger partial charge in [-0.15, -0.1) is 0 Å². The zero-order chi connectivity index (χ0) is 27.5. The molecule has 212 valence electrons. The van der Waals surface area contributed by atoms with Crippen LogP contribution in [0.25, 0.3) is 22.5 Å². The number of aryl methyl sites for hydroxylation is 1. The number of phenolic OH excluding ortho intramolecular Hbond substituents is 1. The molecule has 1 atom stereocenters. The van der Waals surface area contributed by atoms with Gasteiger partial charge in [-0.25, -0.2) is 14.4 Å². The Morgan fingerprint density at radius 3 is 1.62 bits per heavy atom. The Labute approximate surface area is 236 Å². The van der Waals surface area contributed by atoms with E-state index in [0.29, 0.717) is 18.7 Å². The van der Waals surface area contributed by atoms with Crippen LogP contribution in [-0.4, -0.2) is 21.2 Å². The molecule has 0 amide bonds. The first-order valence-corrected chi connectivity index (χ1v) is 15.5. The minimum absolute atomic E-state index is 0.241. The van der Waals surface area contributed by atoms with E-state index in [1.807, 2.05) is 24.3 Å². The normalized spacial score (nSPS) is 12.1. The summed E-state index contributed by atoms with van der Waals surface area (Å²) >= 11 is 0. The molecule has 1 aromatic heterocycles. The van der Waals surface area contributed by atoms with Crippen molar-refractivity contribution in [2.24, 2.45) is 0 Å². The quantitative estimate of drug-likeness (QED) is 0.147. The number of nitrogens with zero attached hydrogens (tertiary/aromatic N) is 2. The Hall–Kier alpha value is -2.75. The number of hydrogen-bond donors (Lipinski definition) is 1. The molecule has 0 aliphatic rings. The number of rotatable bonds is 20. The highest BCUT2D eigenvalue weighted by Gasteiger charge is 2.08. The van der Waals surface area contributed by atoms with Gasteiger partial charge < -0.3 is 5.11 Å². The summed E-state index contributed by atoms with van der Waals surface area (Å²) in [7, 11) is 0. The lowest BCUT2D eigenvalue weighted by Gasteiger charge is -2.09. The van der Waals surface area contributed by atoms with E-state index in [9.17, 15) is 9.50 Å². The number of aromatic nitrogens is 2. The van der Waals surface area contributed by atoms with E-state index in [2.05, 4.69) is 29.0 Å². The van der Waals surface area contributed by atoms with Crippen molar-refractivity contribution in [2.75, 3.05) is 0 Å². The molecule has 3 nitrogen and oxygen atoms in total. The number of halogens is 1. The summed E-state index contributed by atoms with van der Waals surface area (Å²) < 4.78 is 14.4. The molecule has 0 saturated carbocycles. The molecule has 2 aromatic carbocycles. The third-order valence-electron chi connectivity index (χ3n) is 7.68. The van der Waals surface area contributed by atoms with E-state index in [4.69, 9.17) is 0 Å². The minimum Gasteiger partial charge on any atom is -0.508 e. The van der Waals surface area contributed by atoms with Gasteiger partial charge in [0.05, 0.1) is 0 Å². The first kappa shape index (κ1) is 30.8. The molecule has 4 heteroatoms. The van der Waals surface area contributed by atoms with Gasteiger partial charge >= 0.3 is 0 Å². The molecule has 3 aromatic rings. The van der Waals surface area contributed by atoms with Crippen LogP contribution in [0.5, 0.6) is 5.75 Å². The fourth-order valence-corrected chi connectivity index (χ4v) is 5.13. The maximum Gasteiger partial charge on any atom is 0.159 e. The lowest BCUT2D eigenvalue weighted by Crippen LogP contribution is -2.02. The van der Waals surface area contributed by atoms with Gasteiger partial charge in [0, 0.05) is 23.5 Å². The van der Waals surface area contributed by atoms with Gasteiger partial charge in [-0.05, 0) is 42.5 Å². The molecular weight excluding hydrogens is 483 g/mol. The predicted molar refractivity (Wildman–Crippen MR) is 163 cm³/mol. The Kier molecular flexibility index (Phi) is 14.6. The average Bonchev–Trinajstić information content (AvgIpc) is 2.97. The van der Waals surface area contributed by atoms with Crippen LogP contribution in [0, 0.1) is 0 Å². The van der Waals surface area contributed by atoms with Crippen LogP contribution in [-0.2, 0) is 6.42 Å². The van der Waals surface area contributed by atoms with Gasteiger partial charge in [-0.3, -0.25) is 0 Å². The van der Waals surface area contributed by atoms with Crippen LogP contribution in [0.3, 0.4) is 0 Å². The van der Waals surface area contributed by atoms with Crippen molar-refractivity contribution in [3.63, 3.8) is 0 Å². The van der Waals surface area contributed by atoms with Crippen LogP contribution in [0.4, 0.5) is 4.39 Å². The van der Waals surface area contributed by atoms with Crippen LogP contribution < -0.4 is 0 Å². The van der Waals surface area contributed by atoms with E-state index in [-0.39, 0.29) is 5.75 Å². The largest absolute Gasteiger partial charge is 0.508 e. The first-order valence-electron chi connectivity index (χ1n) is 15.5. The highest BCUT2D eigenvalue weighted by atomic mass is 19.1. The summed E-state index contributed by atoms with van der Waals surface area (Å²) in [5.41, 5.74) is 3.98. The molecule has 0 aliphatic heterocycles. The molecule has 1 N–H and O–H groups in total. The molecule has 0 aliphatic carbocycles. The highest BCUT2D eigenvalue weighted by molar-refractivity contribution is 5.64. The first-order chi connectivity index (χ1) is 19.2. The standard InChI is InChI=1S/C35H49FN2O/c1-2-3-4-5-6-7-8-9-10-11-12-13-14-15-16-33(36)24-19-29-17-20-31(21-18-29)35-37-27-32(28-38-35)30-22-25-34(39)26-23-30/h17-18,20-23,25-28,33,39H,2-16,19,24H2,1H3/t33-/m0/s1. The molecule has 0 radical (unpaired) electrons. The monoisotopic (exact) mass is 532 g/mol. The van der Waals surface area contributed by atoms with Crippen molar-refractivity contribution in [1.82, 2.24) is 9.97 Å². The number of hydrogen-bond acceptors (Lipinski definition) is 3. The van der Waals surface area contributed by atoms with E-state index >= 15 is 0 Å². The van der Waals surface area contributed by atoms with Crippen LogP contribution in [0.15, 0.2) is 60.9 Å². The van der Waals surface area contributed by atoms with Gasteiger partial charge in [0.1, 0.15) is 11.9 Å². The lowest BCUT2D eigenvalue weighted by molar-refractivity contribution is 0.287. The zero-order valence-corrected chi connectivity index (χ0v) is 24.1. The third-order valence-corrected chi connectivity index (χ3v) is 7.68. The topological polar surface area (TPSA) is 46.0 Å². The summed E-state index contributed by atoms with van der Waals surface area (Å²) in [5.74, 6) is 0.913. The molecule has 0 spiro atoms. The van der Waals surface area contributed by atoms with E-state index in [1.165, 1.54) is 77.0 Å². The Morgan fingerprint density at radius 2 is 1.08 bits per heavy atom. The second-order valence-corrected chi connectivity index (χ2v) is 11.1. The minimum atomic E-state index is -0.710. The van der Waals surface area contributed by atoms with Crippen molar-refractivity contribution < 1.29 is 9.50 Å². The van der Waals surface area contributed by atoms with Gasteiger partial charge in [0.2, 0.25) is 0 Å². The second kappa shape index (κ2) is 18.5. The SMILES string of the molecule is CCCCCCCCCCCCCCCC[C@H](F)CCc1ccc(-c2ncc(-c3ccc(O)cc3)cn2)cc1. The van der Waals surface area contributed by atoms with Crippen molar-refractivity contribution in [2.45, 2.75) is 122 Å². The van der Waals surface area contributed by atoms with Crippen molar-refractivity contribution >= 4 is 0 Å². The Bertz CT molecular complexity index is 1020. The average molecular weight is 533 g/mol. The van der Waals surface area contributed by atoms with Crippen LogP contribution >= 0.6 is 0 Å². The van der Waals surface area contributed by atoms with Crippen LogP contribution in [0.2, 0.25) is 0 Å². The van der Waals surface area contributed by atoms with Crippen LogP contribution in [0.1, 0.15) is 115 Å². The van der Waals surface area contributed by atoms with E-state index in [0.717, 1.165) is 41.5 Å². The number of alkyl halides is 1. The zero-order valence-electron chi connectivity index (χ0n) is 24.1.